The van der Waals surface area contributed by atoms with Crippen molar-refractivity contribution in [1.82, 2.24) is 0 Å². The second-order valence-corrected chi connectivity index (χ2v) is 4.56. The van der Waals surface area contributed by atoms with E-state index in [0.717, 1.165) is 24.7 Å². The molecular formula is C14H18O2. The van der Waals surface area contributed by atoms with Crippen LogP contribution in [0, 0.1) is 6.92 Å². The summed E-state index contributed by atoms with van der Waals surface area (Å²) in [5.41, 5.74) is 4.92. The molecule has 86 valence electrons. The van der Waals surface area contributed by atoms with Gasteiger partial charge in [0.25, 0.3) is 0 Å². The Morgan fingerprint density at radius 3 is 2.69 bits per heavy atom. The minimum Gasteiger partial charge on any atom is -0.508 e. The van der Waals surface area contributed by atoms with Crippen LogP contribution in [0.1, 0.15) is 41.5 Å². The highest BCUT2D eigenvalue weighted by molar-refractivity contribution is 5.54. The summed E-state index contributed by atoms with van der Waals surface area (Å²) in [5, 5.41) is 9.96. The molecule has 0 spiro atoms. The SMILES string of the molecule is Cc1cc(O)c(CCC=O)c2c1CCCC2. The van der Waals surface area contributed by atoms with Crippen molar-refractivity contribution in [2.24, 2.45) is 0 Å². The highest BCUT2D eigenvalue weighted by Gasteiger charge is 2.18. The van der Waals surface area contributed by atoms with E-state index in [-0.39, 0.29) is 0 Å². The zero-order valence-corrected chi connectivity index (χ0v) is 9.75. The summed E-state index contributed by atoms with van der Waals surface area (Å²) in [6, 6.07) is 1.85. The molecule has 16 heavy (non-hydrogen) atoms. The number of aryl methyl sites for hydroxylation is 1. The molecule has 0 saturated heterocycles. The molecule has 2 nitrogen and oxygen atoms in total. The Balaban J connectivity index is 2.45. The number of fused-ring (bicyclic) bond motifs is 1. The Bertz CT molecular complexity index is 408. The fourth-order valence-electron chi connectivity index (χ4n) is 2.69. The van der Waals surface area contributed by atoms with Crippen molar-refractivity contribution in [2.75, 3.05) is 0 Å². The van der Waals surface area contributed by atoms with Gasteiger partial charge in [-0.05, 0) is 67.3 Å². The number of hydrogen-bond donors (Lipinski definition) is 1. The zero-order chi connectivity index (χ0) is 11.5. The molecule has 0 aliphatic heterocycles. The number of phenols is 1. The molecule has 0 unspecified atom stereocenters. The Morgan fingerprint density at radius 2 is 2.00 bits per heavy atom. The Morgan fingerprint density at radius 1 is 1.31 bits per heavy atom. The summed E-state index contributed by atoms with van der Waals surface area (Å²) in [7, 11) is 0. The Kier molecular flexibility index (Phi) is 3.28. The lowest BCUT2D eigenvalue weighted by atomic mass is 9.84. The van der Waals surface area contributed by atoms with E-state index < -0.39 is 0 Å². The second-order valence-electron chi connectivity index (χ2n) is 4.56. The molecule has 1 aliphatic carbocycles. The Hall–Kier alpha value is -1.31. The van der Waals surface area contributed by atoms with Crippen LogP contribution in [0.25, 0.3) is 0 Å². The largest absolute Gasteiger partial charge is 0.508 e. The van der Waals surface area contributed by atoms with E-state index in [1.807, 2.05) is 6.07 Å². The van der Waals surface area contributed by atoms with Crippen LogP contribution in [0.4, 0.5) is 0 Å². The summed E-state index contributed by atoms with van der Waals surface area (Å²) in [6.45, 7) is 2.06. The summed E-state index contributed by atoms with van der Waals surface area (Å²) >= 11 is 0. The molecule has 1 N–H and O–H groups in total. The minimum absolute atomic E-state index is 0.375. The van der Waals surface area contributed by atoms with E-state index in [2.05, 4.69) is 6.92 Å². The molecule has 1 aliphatic rings. The second kappa shape index (κ2) is 4.69. The molecule has 2 rings (SSSR count). The minimum atomic E-state index is 0.375. The van der Waals surface area contributed by atoms with E-state index >= 15 is 0 Å². The smallest absolute Gasteiger partial charge is 0.120 e. The molecule has 0 heterocycles. The fraction of sp³-hybridized carbons (Fsp3) is 0.500. The number of rotatable bonds is 3. The molecule has 1 aromatic carbocycles. The third-order valence-electron chi connectivity index (χ3n) is 3.48. The quantitative estimate of drug-likeness (QED) is 0.792. The summed E-state index contributed by atoms with van der Waals surface area (Å²) in [6.07, 6.45) is 6.72. The van der Waals surface area contributed by atoms with Crippen molar-refractivity contribution < 1.29 is 9.90 Å². The van der Waals surface area contributed by atoms with Gasteiger partial charge in [0.05, 0.1) is 0 Å². The molecule has 0 aromatic heterocycles. The van der Waals surface area contributed by atoms with E-state index in [1.165, 1.54) is 29.5 Å². The normalized spacial score (nSPS) is 14.6. The zero-order valence-electron chi connectivity index (χ0n) is 9.75. The van der Waals surface area contributed by atoms with E-state index in [1.54, 1.807) is 0 Å². The number of phenolic OH excluding ortho intramolecular Hbond substituents is 1. The number of carbonyl (C=O) groups excluding carboxylic acids is 1. The van der Waals surface area contributed by atoms with Crippen LogP contribution in [0.2, 0.25) is 0 Å². The first-order valence-electron chi connectivity index (χ1n) is 6.01. The van der Waals surface area contributed by atoms with Gasteiger partial charge in [0.2, 0.25) is 0 Å². The standard InChI is InChI=1S/C14H18O2/c1-10-9-14(16)13(7-4-8-15)12-6-3-2-5-11(10)12/h8-9,16H,2-7H2,1H3. The van der Waals surface area contributed by atoms with Crippen LogP contribution in [0.5, 0.6) is 5.75 Å². The van der Waals surface area contributed by atoms with Crippen LogP contribution in [0.3, 0.4) is 0 Å². The lowest BCUT2D eigenvalue weighted by molar-refractivity contribution is -0.107. The van der Waals surface area contributed by atoms with Gasteiger partial charge in [-0.3, -0.25) is 0 Å². The van der Waals surface area contributed by atoms with E-state index in [9.17, 15) is 9.90 Å². The van der Waals surface area contributed by atoms with Crippen molar-refractivity contribution in [2.45, 2.75) is 45.4 Å². The van der Waals surface area contributed by atoms with Gasteiger partial charge in [0.15, 0.2) is 0 Å². The van der Waals surface area contributed by atoms with Crippen molar-refractivity contribution in [1.29, 1.82) is 0 Å². The van der Waals surface area contributed by atoms with Crippen LogP contribution in [-0.4, -0.2) is 11.4 Å². The molecule has 0 radical (unpaired) electrons. The number of aldehydes is 1. The van der Waals surface area contributed by atoms with Crippen molar-refractivity contribution in [3.05, 3.63) is 28.3 Å². The first kappa shape index (κ1) is 11.2. The van der Waals surface area contributed by atoms with Crippen molar-refractivity contribution in [3.63, 3.8) is 0 Å². The number of carbonyl (C=O) groups is 1. The van der Waals surface area contributed by atoms with Crippen molar-refractivity contribution >= 4 is 6.29 Å². The lowest BCUT2D eigenvalue weighted by Crippen LogP contribution is -2.09. The van der Waals surface area contributed by atoms with Crippen LogP contribution >= 0.6 is 0 Å². The topological polar surface area (TPSA) is 37.3 Å². The van der Waals surface area contributed by atoms with Gasteiger partial charge in [0, 0.05) is 6.42 Å². The maximum atomic E-state index is 10.4. The molecule has 0 fully saturated rings. The molecular weight excluding hydrogens is 200 g/mol. The number of benzene rings is 1. The predicted molar refractivity (Wildman–Crippen MR) is 63.9 cm³/mol. The monoisotopic (exact) mass is 218 g/mol. The Labute approximate surface area is 96.3 Å². The number of hydrogen-bond acceptors (Lipinski definition) is 2. The fourth-order valence-corrected chi connectivity index (χ4v) is 2.69. The van der Waals surface area contributed by atoms with Gasteiger partial charge in [-0.1, -0.05) is 0 Å². The van der Waals surface area contributed by atoms with Gasteiger partial charge in [0.1, 0.15) is 12.0 Å². The highest BCUT2D eigenvalue weighted by Crippen LogP contribution is 2.33. The first-order chi connectivity index (χ1) is 7.74. The molecule has 2 heteroatoms. The molecule has 0 bridgehead atoms. The third-order valence-corrected chi connectivity index (χ3v) is 3.48. The summed E-state index contributed by atoms with van der Waals surface area (Å²) < 4.78 is 0. The van der Waals surface area contributed by atoms with Crippen LogP contribution < -0.4 is 0 Å². The van der Waals surface area contributed by atoms with E-state index in [0.29, 0.717) is 18.6 Å². The molecule has 1 aromatic rings. The van der Waals surface area contributed by atoms with Crippen LogP contribution in [0.15, 0.2) is 6.07 Å². The molecule has 0 amide bonds. The van der Waals surface area contributed by atoms with Gasteiger partial charge in [-0.15, -0.1) is 0 Å². The molecule has 0 saturated carbocycles. The summed E-state index contributed by atoms with van der Waals surface area (Å²) in [4.78, 5) is 10.4. The first-order valence-corrected chi connectivity index (χ1v) is 6.01. The van der Waals surface area contributed by atoms with Gasteiger partial charge >= 0.3 is 0 Å². The van der Waals surface area contributed by atoms with Gasteiger partial charge < -0.3 is 9.90 Å². The summed E-state index contributed by atoms with van der Waals surface area (Å²) in [5.74, 6) is 0.375. The predicted octanol–water partition coefficient (Wildman–Crippen LogP) is 2.71. The highest BCUT2D eigenvalue weighted by atomic mass is 16.3. The van der Waals surface area contributed by atoms with Gasteiger partial charge in [-0.2, -0.15) is 0 Å². The van der Waals surface area contributed by atoms with Gasteiger partial charge in [-0.25, -0.2) is 0 Å². The molecule has 0 atom stereocenters. The number of aromatic hydroxyl groups is 1. The average Bonchev–Trinajstić information content (AvgIpc) is 2.29. The van der Waals surface area contributed by atoms with Crippen molar-refractivity contribution in [3.8, 4) is 5.75 Å². The van der Waals surface area contributed by atoms with E-state index in [4.69, 9.17) is 0 Å². The lowest BCUT2D eigenvalue weighted by Gasteiger charge is -2.22. The average molecular weight is 218 g/mol. The maximum Gasteiger partial charge on any atom is 0.120 e. The maximum absolute atomic E-state index is 10.4. The van der Waals surface area contributed by atoms with Crippen LogP contribution in [-0.2, 0) is 24.1 Å². The third kappa shape index (κ3) is 1.97.